The number of hydrogen-bond donors (Lipinski definition) is 0. The second-order valence-corrected chi connectivity index (χ2v) is 8.26. The Labute approximate surface area is 164 Å². The molecule has 27 heavy (non-hydrogen) atoms. The number of rotatable bonds is 2. The van der Waals surface area contributed by atoms with Crippen molar-refractivity contribution in [2.45, 2.75) is 25.0 Å². The van der Waals surface area contributed by atoms with Gasteiger partial charge in [0.2, 0.25) is 0 Å². The quantitative estimate of drug-likeness (QED) is 0.783. The lowest BCUT2D eigenvalue weighted by Gasteiger charge is -2.38. The van der Waals surface area contributed by atoms with Crippen molar-refractivity contribution in [3.8, 4) is 0 Å². The lowest BCUT2D eigenvalue weighted by atomic mass is 9.88. The minimum absolute atomic E-state index is 0.0364. The molecular formula is C22H23ClN2O2. The van der Waals surface area contributed by atoms with Crippen molar-refractivity contribution < 1.29 is 9.53 Å². The molecule has 0 radical (unpaired) electrons. The Bertz CT molecular complexity index is 854. The van der Waals surface area contributed by atoms with E-state index in [9.17, 15) is 4.79 Å². The summed E-state index contributed by atoms with van der Waals surface area (Å²) < 4.78 is 5.99. The standard InChI is InChI=1S/C22H23ClN2O2/c23-18-7-5-16(6-8-18)21-19-4-2-1-3-15(19)10-12-25(21)22(26)27-20-14-24-11-9-17(20)13-24/h1-8,17,20-21H,9-14H2. The van der Waals surface area contributed by atoms with Crippen molar-refractivity contribution in [2.75, 3.05) is 26.2 Å². The second kappa shape index (κ2) is 6.84. The predicted molar refractivity (Wildman–Crippen MR) is 105 cm³/mol. The van der Waals surface area contributed by atoms with Gasteiger partial charge in [0.05, 0.1) is 6.04 Å². The van der Waals surface area contributed by atoms with E-state index < -0.39 is 0 Å². The SMILES string of the molecule is O=C(OC1CN2CCC1C2)N1CCc2ccccc2C1c1ccc(Cl)cc1. The number of hydrogen-bond acceptors (Lipinski definition) is 3. The molecule has 4 nitrogen and oxygen atoms in total. The summed E-state index contributed by atoms with van der Waals surface area (Å²) in [4.78, 5) is 17.4. The molecular weight excluding hydrogens is 360 g/mol. The number of carbonyl (C=O) groups excluding carboxylic acids is 1. The van der Waals surface area contributed by atoms with Gasteiger partial charge in [0.15, 0.2) is 0 Å². The highest BCUT2D eigenvalue weighted by molar-refractivity contribution is 6.30. The molecule has 0 spiro atoms. The van der Waals surface area contributed by atoms with E-state index in [0.29, 0.717) is 17.5 Å². The Morgan fingerprint density at radius 1 is 1.04 bits per heavy atom. The molecule has 5 heteroatoms. The molecule has 3 aliphatic heterocycles. The molecule has 4 atom stereocenters. The number of carbonyl (C=O) groups is 1. The van der Waals surface area contributed by atoms with Gasteiger partial charge in [-0.3, -0.25) is 9.80 Å². The van der Waals surface area contributed by atoms with Gasteiger partial charge in [-0.2, -0.15) is 0 Å². The number of piperidine rings is 1. The van der Waals surface area contributed by atoms with Crippen LogP contribution in [0.15, 0.2) is 48.5 Å². The lowest BCUT2D eigenvalue weighted by Crippen LogP contribution is -2.44. The fourth-order valence-electron chi connectivity index (χ4n) is 4.83. The molecule has 2 aromatic rings. The Kier molecular flexibility index (Phi) is 4.33. The zero-order chi connectivity index (χ0) is 18.4. The molecule has 2 fully saturated rings. The number of nitrogens with zero attached hydrogens (tertiary/aromatic N) is 2. The Balaban J connectivity index is 1.45. The van der Waals surface area contributed by atoms with Gasteiger partial charge in [-0.05, 0) is 48.2 Å². The molecule has 0 aliphatic carbocycles. The van der Waals surface area contributed by atoms with Crippen LogP contribution in [0.5, 0.6) is 0 Å². The van der Waals surface area contributed by atoms with Gasteiger partial charge in [-0.1, -0.05) is 48.0 Å². The van der Waals surface area contributed by atoms with E-state index in [2.05, 4.69) is 23.1 Å². The highest BCUT2D eigenvalue weighted by Gasteiger charge is 2.42. The summed E-state index contributed by atoms with van der Waals surface area (Å²) in [6, 6.07) is 16.1. The lowest BCUT2D eigenvalue weighted by molar-refractivity contribution is 0.0332. The first-order valence-electron chi connectivity index (χ1n) is 9.72. The summed E-state index contributed by atoms with van der Waals surface area (Å²) in [6.45, 7) is 3.77. The van der Waals surface area contributed by atoms with Crippen LogP contribution < -0.4 is 0 Å². The molecule has 0 saturated carbocycles. The third-order valence-electron chi connectivity index (χ3n) is 6.23. The number of amides is 1. The first-order valence-corrected chi connectivity index (χ1v) is 10.1. The average Bonchev–Trinajstić information content (AvgIpc) is 3.31. The van der Waals surface area contributed by atoms with Gasteiger partial charge in [0.1, 0.15) is 6.10 Å². The summed E-state index contributed by atoms with van der Waals surface area (Å²) >= 11 is 6.09. The Morgan fingerprint density at radius 3 is 2.59 bits per heavy atom. The van der Waals surface area contributed by atoms with Gasteiger partial charge >= 0.3 is 6.09 Å². The molecule has 0 aromatic heterocycles. The van der Waals surface area contributed by atoms with E-state index in [4.69, 9.17) is 16.3 Å². The van der Waals surface area contributed by atoms with Gasteiger partial charge < -0.3 is 4.74 Å². The Morgan fingerprint density at radius 2 is 1.85 bits per heavy atom. The molecule has 2 aromatic carbocycles. The maximum Gasteiger partial charge on any atom is 0.410 e. The van der Waals surface area contributed by atoms with Crippen LogP contribution in [0.25, 0.3) is 0 Å². The fourth-order valence-corrected chi connectivity index (χ4v) is 4.96. The van der Waals surface area contributed by atoms with Crippen LogP contribution in [0.3, 0.4) is 0 Å². The zero-order valence-electron chi connectivity index (χ0n) is 15.2. The summed E-state index contributed by atoms with van der Waals surface area (Å²) in [5, 5.41) is 0.702. The van der Waals surface area contributed by atoms with Crippen molar-refractivity contribution in [3.05, 3.63) is 70.2 Å². The summed E-state index contributed by atoms with van der Waals surface area (Å²) in [5.41, 5.74) is 3.55. The summed E-state index contributed by atoms with van der Waals surface area (Å²) in [7, 11) is 0. The van der Waals surface area contributed by atoms with Crippen LogP contribution in [0.2, 0.25) is 5.02 Å². The van der Waals surface area contributed by atoms with Gasteiger partial charge in [-0.25, -0.2) is 4.79 Å². The number of ether oxygens (including phenoxy) is 1. The molecule has 1 amide bonds. The topological polar surface area (TPSA) is 32.8 Å². The summed E-state index contributed by atoms with van der Waals surface area (Å²) in [5.74, 6) is 0.500. The monoisotopic (exact) mass is 382 g/mol. The maximum atomic E-state index is 13.1. The van der Waals surface area contributed by atoms with E-state index in [1.807, 2.05) is 35.2 Å². The first kappa shape index (κ1) is 17.1. The molecule has 2 saturated heterocycles. The minimum atomic E-state index is -0.191. The van der Waals surface area contributed by atoms with Gasteiger partial charge in [0, 0.05) is 30.6 Å². The third-order valence-corrected chi connectivity index (χ3v) is 6.48. The third kappa shape index (κ3) is 3.11. The molecule has 3 aliphatic rings. The zero-order valence-corrected chi connectivity index (χ0v) is 15.9. The first-order chi connectivity index (χ1) is 13.2. The molecule has 0 N–H and O–H groups in total. The van der Waals surface area contributed by atoms with Crippen molar-refractivity contribution in [1.82, 2.24) is 9.80 Å². The smallest absolute Gasteiger partial charge is 0.410 e. The van der Waals surface area contributed by atoms with Crippen LogP contribution in [0.4, 0.5) is 4.79 Å². The van der Waals surface area contributed by atoms with E-state index in [1.54, 1.807) is 0 Å². The van der Waals surface area contributed by atoms with Crippen molar-refractivity contribution >= 4 is 17.7 Å². The number of fused-ring (bicyclic) bond motifs is 3. The van der Waals surface area contributed by atoms with Crippen LogP contribution in [-0.4, -0.2) is 48.2 Å². The van der Waals surface area contributed by atoms with E-state index >= 15 is 0 Å². The normalized spacial score (nSPS) is 28.9. The molecule has 4 unspecified atom stereocenters. The highest BCUT2D eigenvalue weighted by atomic mass is 35.5. The highest BCUT2D eigenvalue weighted by Crippen LogP contribution is 2.37. The second-order valence-electron chi connectivity index (χ2n) is 7.83. The van der Waals surface area contributed by atoms with Crippen molar-refractivity contribution in [1.29, 1.82) is 0 Å². The maximum absolute atomic E-state index is 13.1. The van der Waals surface area contributed by atoms with Crippen molar-refractivity contribution in [3.63, 3.8) is 0 Å². The van der Waals surface area contributed by atoms with Crippen LogP contribution in [0, 0.1) is 5.92 Å². The van der Waals surface area contributed by atoms with E-state index in [0.717, 1.165) is 38.0 Å². The molecule has 2 bridgehead atoms. The average molecular weight is 383 g/mol. The van der Waals surface area contributed by atoms with Crippen molar-refractivity contribution in [2.24, 2.45) is 5.92 Å². The number of halogens is 1. The fraction of sp³-hybridized carbons (Fsp3) is 0.409. The Hall–Kier alpha value is -2.04. The van der Waals surface area contributed by atoms with E-state index in [1.165, 1.54) is 11.1 Å². The van der Waals surface area contributed by atoms with Crippen LogP contribution >= 0.6 is 11.6 Å². The molecule has 140 valence electrons. The largest absolute Gasteiger partial charge is 0.444 e. The van der Waals surface area contributed by atoms with Crippen LogP contribution in [-0.2, 0) is 11.2 Å². The van der Waals surface area contributed by atoms with E-state index in [-0.39, 0.29) is 18.2 Å². The van der Waals surface area contributed by atoms with Crippen LogP contribution in [0.1, 0.15) is 29.2 Å². The summed E-state index contributed by atoms with van der Waals surface area (Å²) in [6.07, 6.45) is 1.84. The molecule has 3 heterocycles. The number of benzene rings is 2. The molecule has 5 rings (SSSR count). The van der Waals surface area contributed by atoms with Gasteiger partial charge in [-0.15, -0.1) is 0 Å². The minimum Gasteiger partial charge on any atom is -0.444 e. The van der Waals surface area contributed by atoms with Gasteiger partial charge in [0.25, 0.3) is 0 Å². The predicted octanol–water partition coefficient (Wildman–Crippen LogP) is 4.13.